The largest absolute Gasteiger partial charge is 0.348 e. The van der Waals surface area contributed by atoms with Gasteiger partial charge in [-0.2, -0.15) is 0 Å². The number of benzene rings is 2. The molecule has 2 aromatic carbocycles. The van der Waals surface area contributed by atoms with Gasteiger partial charge in [-0.3, -0.25) is 9.59 Å². The Kier molecular flexibility index (Phi) is 7.11. The molecule has 0 aromatic heterocycles. The molecule has 144 valence electrons. The van der Waals surface area contributed by atoms with Crippen molar-refractivity contribution in [3.05, 3.63) is 71.0 Å². The molecule has 2 rings (SSSR count). The Hall–Kier alpha value is -2.69. The molecule has 0 saturated heterocycles. The zero-order chi connectivity index (χ0) is 20.0. The van der Waals surface area contributed by atoms with E-state index in [1.165, 1.54) is 29.8 Å². The van der Waals surface area contributed by atoms with Gasteiger partial charge in [0.15, 0.2) is 0 Å². The predicted octanol–water partition coefficient (Wildman–Crippen LogP) is 4.02. The van der Waals surface area contributed by atoms with Crippen LogP contribution in [-0.4, -0.2) is 17.9 Å². The van der Waals surface area contributed by atoms with Crippen molar-refractivity contribution in [2.24, 2.45) is 5.92 Å². The number of carbonyl (C=O) groups excluding carboxylic acids is 2. The van der Waals surface area contributed by atoms with E-state index >= 15 is 0 Å². The summed E-state index contributed by atoms with van der Waals surface area (Å²) in [6.07, 6.45) is 0.964. The number of hydrogen-bond acceptors (Lipinski definition) is 2. The Balaban J connectivity index is 2.04. The number of carbonyl (C=O) groups is 2. The molecule has 2 amide bonds. The molecule has 2 N–H and O–H groups in total. The van der Waals surface area contributed by atoms with Crippen molar-refractivity contribution in [2.75, 3.05) is 0 Å². The molecule has 0 heterocycles. The number of aryl methyl sites for hydroxylation is 1. The zero-order valence-electron chi connectivity index (χ0n) is 16.3. The van der Waals surface area contributed by atoms with Gasteiger partial charge in [0, 0.05) is 5.56 Å². The molecule has 0 fully saturated rings. The molecule has 0 aliphatic heterocycles. The summed E-state index contributed by atoms with van der Waals surface area (Å²) in [5.74, 6) is -1.15. The zero-order valence-corrected chi connectivity index (χ0v) is 16.3. The summed E-state index contributed by atoms with van der Waals surface area (Å²) in [7, 11) is 0. The maximum Gasteiger partial charge on any atom is 0.251 e. The molecule has 0 aliphatic rings. The third-order valence-electron chi connectivity index (χ3n) is 4.59. The van der Waals surface area contributed by atoms with Crippen LogP contribution in [0, 0.1) is 11.7 Å². The van der Waals surface area contributed by atoms with Crippen LogP contribution in [0.1, 0.15) is 55.2 Å². The van der Waals surface area contributed by atoms with E-state index in [4.69, 9.17) is 0 Å². The molecule has 0 saturated carbocycles. The normalized spacial score (nSPS) is 13.1. The van der Waals surface area contributed by atoms with Gasteiger partial charge >= 0.3 is 0 Å². The fourth-order valence-electron chi connectivity index (χ4n) is 2.79. The Morgan fingerprint density at radius 1 is 0.926 bits per heavy atom. The summed E-state index contributed by atoms with van der Waals surface area (Å²) >= 11 is 0. The summed E-state index contributed by atoms with van der Waals surface area (Å²) in [4.78, 5) is 25.1. The SMILES string of the molecule is CCc1ccc(C(C)NC(=O)C(NC(=O)c2ccc(F)cc2)C(C)C)cc1. The second kappa shape index (κ2) is 9.31. The van der Waals surface area contributed by atoms with Crippen LogP contribution in [0.2, 0.25) is 0 Å². The van der Waals surface area contributed by atoms with Crippen molar-refractivity contribution < 1.29 is 14.0 Å². The van der Waals surface area contributed by atoms with Gasteiger partial charge in [-0.15, -0.1) is 0 Å². The van der Waals surface area contributed by atoms with Crippen LogP contribution >= 0.6 is 0 Å². The monoisotopic (exact) mass is 370 g/mol. The Bertz CT molecular complexity index is 770. The van der Waals surface area contributed by atoms with Gasteiger partial charge in [-0.05, 0) is 54.7 Å². The maximum atomic E-state index is 13.0. The van der Waals surface area contributed by atoms with E-state index in [1.807, 2.05) is 45.0 Å². The topological polar surface area (TPSA) is 58.2 Å². The third kappa shape index (κ3) is 5.64. The Morgan fingerprint density at radius 3 is 2.04 bits per heavy atom. The summed E-state index contributed by atoms with van der Waals surface area (Å²) in [6.45, 7) is 7.75. The van der Waals surface area contributed by atoms with Crippen molar-refractivity contribution in [3.8, 4) is 0 Å². The number of nitrogens with one attached hydrogen (secondary N) is 2. The number of rotatable bonds is 7. The minimum atomic E-state index is -0.681. The lowest BCUT2D eigenvalue weighted by Gasteiger charge is -2.24. The Labute approximate surface area is 160 Å². The van der Waals surface area contributed by atoms with Crippen LogP contribution < -0.4 is 10.6 Å². The molecular formula is C22H27FN2O2. The van der Waals surface area contributed by atoms with Crippen molar-refractivity contribution in [1.82, 2.24) is 10.6 Å². The molecule has 4 nitrogen and oxygen atoms in total. The average Bonchev–Trinajstić information content (AvgIpc) is 2.66. The van der Waals surface area contributed by atoms with Crippen molar-refractivity contribution in [1.29, 1.82) is 0 Å². The van der Waals surface area contributed by atoms with Gasteiger partial charge in [0.05, 0.1) is 6.04 Å². The van der Waals surface area contributed by atoms with E-state index in [0.717, 1.165) is 12.0 Å². The minimum Gasteiger partial charge on any atom is -0.348 e. The molecule has 0 spiro atoms. The molecule has 2 unspecified atom stereocenters. The molecule has 5 heteroatoms. The average molecular weight is 370 g/mol. The summed E-state index contributed by atoms with van der Waals surface area (Å²) in [5.41, 5.74) is 2.56. The summed E-state index contributed by atoms with van der Waals surface area (Å²) in [6, 6.07) is 12.5. The van der Waals surface area contributed by atoms with E-state index in [1.54, 1.807) is 0 Å². The van der Waals surface area contributed by atoms with Crippen LogP contribution in [0.3, 0.4) is 0 Å². The molecule has 0 aliphatic carbocycles. The number of halogens is 1. The van der Waals surface area contributed by atoms with Gasteiger partial charge in [0.25, 0.3) is 5.91 Å². The van der Waals surface area contributed by atoms with Gasteiger partial charge in [0.2, 0.25) is 5.91 Å². The van der Waals surface area contributed by atoms with Gasteiger partial charge in [-0.25, -0.2) is 4.39 Å². The van der Waals surface area contributed by atoms with E-state index in [2.05, 4.69) is 17.6 Å². The molecule has 2 atom stereocenters. The van der Waals surface area contributed by atoms with Gasteiger partial charge in [0.1, 0.15) is 11.9 Å². The first-order valence-electron chi connectivity index (χ1n) is 9.27. The van der Waals surface area contributed by atoms with E-state index in [-0.39, 0.29) is 17.9 Å². The highest BCUT2D eigenvalue weighted by atomic mass is 19.1. The first-order valence-corrected chi connectivity index (χ1v) is 9.27. The summed E-state index contributed by atoms with van der Waals surface area (Å²) < 4.78 is 13.0. The third-order valence-corrected chi connectivity index (χ3v) is 4.59. The minimum absolute atomic E-state index is 0.0935. The van der Waals surface area contributed by atoms with Crippen LogP contribution in [0.15, 0.2) is 48.5 Å². The molecule has 0 bridgehead atoms. The fraction of sp³-hybridized carbons (Fsp3) is 0.364. The number of hydrogen-bond donors (Lipinski definition) is 2. The molecular weight excluding hydrogens is 343 g/mol. The highest BCUT2D eigenvalue weighted by Crippen LogP contribution is 2.15. The molecule has 27 heavy (non-hydrogen) atoms. The van der Waals surface area contributed by atoms with Crippen molar-refractivity contribution in [2.45, 2.75) is 46.2 Å². The van der Waals surface area contributed by atoms with Crippen LogP contribution in [0.4, 0.5) is 4.39 Å². The summed E-state index contributed by atoms with van der Waals surface area (Å²) in [5, 5.41) is 5.72. The first kappa shape index (κ1) is 20.6. The van der Waals surface area contributed by atoms with E-state index in [9.17, 15) is 14.0 Å². The maximum absolute atomic E-state index is 13.0. The van der Waals surface area contributed by atoms with Crippen LogP contribution in [0.25, 0.3) is 0 Å². The lowest BCUT2D eigenvalue weighted by atomic mass is 10.0. The Morgan fingerprint density at radius 2 is 1.52 bits per heavy atom. The first-order chi connectivity index (χ1) is 12.8. The van der Waals surface area contributed by atoms with Gasteiger partial charge < -0.3 is 10.6 Å². The van der Waals surface area contributed by atoms with Crippen LogP contribution in [0.5, 0.6) is 0 Å². The number of amides is 2. The van der Waals surface area contributed by atoms with Crippen molar-refractivity contribution >= 4 is 11.8 Å². The quantitative estimate of drug-likeness (QED) is 0.773. The fourth-order valence-corrected chi connectivity index (χ4v) is 2.79. The van der Waals surface area contributed by atoms with Gasteiger partial charge in [-0.1, -0.05) is 45.0 Å². The van der Waals surface area contributed by atoms with Crippen molar-refractivity contribution in [3.63, 3.8) is 0 Å². The molecule has 0 radical (unpaired) electrons. The lowest BCUT2D eigenvalue weighted by Crippen LogP contribution is -2.50. The highest BCUT2D eigenvalue weighted by molar-refractivity contribution is 5.97. The van der Waals surface area contributed by atoms with E-state index in [0.29, 0.717) is 5.56 Å². The second-order valence-corrected chi connectivity index (χ2v) is 7.03. The predicted molar refractivity (Wildman–Crippen MR) is 105 cm³/mol. The second-order valence-electron chi connectivity index (χ2n) is 7.03. The van der Waals surface area contributed by atoms with Crippen LogP contribution in [-0.2, 0) is 11.2 Å². The lowest BCUT2D eigenvalue weighted by molar-refractivity contribution is -0.124. The smallest absolute Gasteiger partial charge is 0.251 e. The standard InChI is InChI=1S/C22H27FN2O2/c1-5-16-6-8-17(9-7-16)15(4)24-22(27)20(14(2)3)25-21(26)18-10-12-19(23)13-11-18/h6-15,20H,5H2,1-4H3,(H,24,27)(H,25,26). The molecule has 2 aromatic rings. The highest BCUT2D eigenvalue weighted by Gasteiger charge is 2.26. The van der Waals surface area contributed by atoms with E-state index < -0.39 is 17.8 Å².